The number of anilines is 5. The molecule has 10 nitrogen and oxygen atoms in total. The van der Waals surface area contributed by atoms with E-state index < -0.39 is 23.3 Å². The van der Waals surface area contributed by atoms with E-state index in [2.05, 4.69) is 31.2 Å². The van der Waals surface area contributed by atoms with Crippen LogP contribution in [0.3, 0.4) is 0 Å². The number of rotatable bonds is 5. The van der Waals surface area contributed by atoms with Gasteiger partial charge in [-0.1, -0.05) is 11.6 Å². The topological polar surface area (TPSA) is 145 Å². The number of hydrogen-bond acceptors (Lipinski definition) is 6. The van der Waals surface area contributed by atoms with E-state index in [9.17, 15) is 19.2 Å². The molecule has 1 aliphatic heterocycles. The van der Waals surface area contributed by atoms with Crippen LogP contribution < -0.4 is 26.8 Å². The number of hydrogen-bond donors (Lipinski definition) is 5. The van der Waals surface area contributed by atoms with Gasteiger partial charge in [-0.3, -0.25) is 24.2 Å². The molecule has 2 aromatic carbocycles. The zero-order valence-corrected chi connectivity index (χ0v) is 18.1. The Morgan fingerprint density at radius 2 is 1.58 bits per heavy atom. The average Bonchev–Trinajstić information content (AvgIpc) is 2.75. The van der Waals surface area contributed by atoms with Gasteiger partial charge < -0.3 is 21.3 Å². The van der Waals surface area contributed by atoms with E-state index >= 15 is 0 Å². The number of H-pyrrole nitrogens is 1. The Morgan fingerprint density at radius 3 is 2.21 bits per heavy atom. The minimum absolute atomic E-state index is 0.0209. The lowest BCUT2D eigenvalue weighted by molar-refractivity contribution is -0.123. The van der Waals surface area contributed by atoms with Crippen LogP contribution in [0.2, 0.25) is 5.02 Å². The Morgan fingerprint density at radius 1 is 0.970 bits per heavy atom. The molecule has 0 bridgehead atoms. The summed E-state index contributed by atoms with van der Waals surface area (Å²) in [5.41, 5.74) is 1.18. The van der Waals surface area contributed by atoms with Gasteiger partial charge in [0.2, 0.25) is 23.7 Å². The molecule has 0 radical (unpaired) electrons. The van der Waals surface area contributed by atoms with Gasteiger partial charge in [-0.2, -0.15) is 4.98 Å². The molecule has 5 N–H and O–H groups in total. The van der Waals surface area contributed by atoms with Crippen molar-refractivity contribution in [1.29, 1.82) is 0 Å². The number of carbonyl (C=O) groups excluding carboxylic acids is 3. The van der Waals surface area contributed by atoms with Crippen LogP contribution >= 0.6 is 11.6 Å². The molecule has 1 aromatic heterocycles. The fourth-order valence-corrected chi connectivity index (χ4v) is 3.52. The Bertz CT molecular complexity index is 1290. The summed E-state index contributed by atoms with van der Waals surface area (Å²) in [6.45, 7) is 1.39. The molecule has 0 unspecified atom stereocenters. The molecular weight excluding hydrogens is 448 g/mol. The highest BCUT2D eigenvalue weighted by Gasteiger charge is 2.34. The third kappa shape index (κ3) is 5.18. The van der Waals surface area contributed by atoms with Gasteiger partial charge in [0.15, 0.2) is 0 Å². The normalized spacial score (nSPS) is 14.6. The van der Waals surface area contributed by atoms with Crippen molar-refractivity contribution in [3.05, 3.63) is 69.5 Å². The first-order valence-electron chi connectivity index (χ1n) is 9.93. The lowest BCUT2D eigenvalue weighted by Crippen LogP contribution is -2.36. The Kier molecular flexibility index (Phi) is 6.09. The van der Waals surface area contributed by atoms with Crippen LogP contribution in [0.5, 0.6) is 0 Å². The van der Waals surface area contributed by atoms with Crippen molar-refractivity contribution in [2.75, 3.05) is 21.3 Å². The molecular formula is C22H19ClN6O4. The predicted molar refractivity (Wildman–Crippen MR) is 125 cm³/mol. The second-order valence-electron chi connectivity index (χ2n) is 7.36. The summed E-state index contributed by atoms with van der Waals surface area (Å²) in [7, 11) is 0. The van der Waals surface area contributed by atoms with Gasteiger partial charge in [0, 0.05) is 35.4 Å². The lowest BCUT2D eigenvalue weighted by Gasteiger charge is -2.23. The first kappa shape index (κ1) is 22.0. The van der Waals surface area contributed by atoms with Crippen molar-refractivity contribution in [2.45, 2.75) is 19.3 Å². The number of aromatic nitrogens is 2. The highest BCUT2D eigenvalue weighted by atomic mass is 35.5. The number of aromatic amines is 1. The van der Waals surface area contributed by atoms with E-state index in [1.54, 1.807) is 48.5 Å². The molecule has 11 heteroatoms. The summed E-state index contributed by atoms with van der Waals surface area (Å²) in [4.78, 5) is 56.0. The van der Waals surface area contributed by atoms with Crippen molar-refractivity contribution < 1.29 is 14.4 Å². The van der Waals surface area contributed by atoms with Crippen LogP contribution in [0.4, 0.5) is 28.8 Å². The molecule has 3 amide bonds. The predicted octanol–water partition coefficient (Wildman–Crippen LogP) is 3.19. The molecule has 1 atom stereocenters. The molecule has 3 aromatic rings. The number of carbonyl (C=O) groups is 3. The minimum atomic E-state index is -1.02. The summed E-state index contributed by atoms with van der Waals surface area (Å²) in [5, 5.41) is 11.4. The number of nitrogens with one attached hydrogen (secondary N) is 5. The van der Waals surface area contributed by atoms with Gasteiger partial charge in [-0.15, -0.1) is 0 Å². The highest BCUT2D eigenvalue weighted by Crippen LogP contribution is 2.30. The Labute approximate surface area is 192 Å². The second-order valence-corrected chi connectivity index (χ2v) is 7.80. The summed E-state index contributed by atoms with van der Waals surface area (Å²) < 4.78 is 0. The van der Waals surface area contributed by atoms with Crippen LogP contribution in [-0.4, -0.2) is 27.7 Å². The van der Waals surface area contributed by atoms with E-state index in [0.717, 1.165) is 0 Å². The molecule has 0 aliphatic carbocycles. The largest absolute Gasteiger partial charge is 0.326 e. The van der Waals surface area contributed by atoms with E-state index in [0.29, 0.717) is 22.1 Å². The molecule has 0 saturated carbocycles. The van der Waals surface area contributed by atoms with Gasteiger partial charge in [0.05, 0.1) is 11.5 Å². The van der Waals surface area contributed by atoms with Crippen molar-refractivity contribution in [3.8, 4) is 0 Å². The Balaban J connectivity index is 1.56. The number of fused-ring (bicyclic) bond motifs is 1. The maximum Gasteiger partial charge on any atom is 0.258 e. The van der Waals surface area contributed by atoms with Crippen LogP contribution in [0, 0.1) is 0 Å². The van der Waals surface area contributed by atoms with Crippen molar-refractivity contribution in [2.24, 2.45) is 0 Å². The fourth-order valence-electron chi connectivity index (χ4n) is 3.39. The zero-order chi connectivity index (χ0) is 23.5. The highest BCUT2D eigenvalue weighted by molar-refractivity contribution is 6.30. The molecule has 168 valence electrons. The lowest BCUT2D eigenvalue weighted by atomic mass is 9.92. The van der Waals surface area contributed by atoms with Gasteiger partial charge in [-0.25, -0.2) is 0 Å². The number of benzene rings is 2. The zero-order valence-electron chi connectivity index (χ0n) is 17.4. The number of nitrogens with zero attached hydrogens (tertiary/aromatic N) is 1. The maximum absolute atomic E-state index is 12.9. The summed E-state index contributed by atoms with van der Waals surface area (Å²) in [6, 6.07) is 13.2. The molecule has 0 spiro atoms. The summed E-state index contributed by atoms with van der Waals surface area (Å²) >= 11 is 5.88. The summed E-state index contributed by atoms with van der Waals surface area (Å²) in [5.74, 6) is -2.07. The molecule has 2 heterocycles. The molecule has 0 fully saturated rings. The van der Waals surface area contributed by atoms with Gasteiger partial charge >= 0.3 is 0 Å². The first-order chi connectivity index (χ1) is 15.8. The van der Waals surface area contributed by atoms with E-state index in [4.69, 9.17) is 11.6 Å². The SMILES string of the molecule is CC(=O)Nc1ccc(NC(=O)[C@@H]2CC(=O)Nc3nc(Nc4ccc(Cl)cc4)[nH]c(=O)c32)cc1. The van der Waals surface area contributed by atoms with Crippen LogP contribution in [0.25, 0.3) is 0 Å². The quantitative estimate of drug-likeness (QED) is 0.390. The van der Waals surface area contributed by atoms with E-state index in [1.165, 1.54) is 6.92 Å². The third-order valence-corrected chi connectivity index (χ3v) is 5.10. The van der Waals surface area contributed by atoms with Crippen LogP contribution in [-0.2, 0) is 14.4 Å². The number of amides is 3. The minimum Gasteiger partial charge on any atom is -0.326 e. The van der Waals surface area contributed by atoms with Crippen LogP contribution in [0.15, 0.2) is 53.3 Å². The second kappa shape index (κ2) is 9.13. The number of halogens is 1. The van der Waals surface area contributed by atoms with Crippen molar-refractivity contribution in [3.63, 3.8) is 0 Å². The maximum atomic E-state index is 12.9. The molecule has 33 heavy (non-hydrogen) atoms. The van der Waals surface area contributed by atoms with Crippen molar-refractivity contribution in [1.82, 2.24) is 9.97 Å². The third-order valence-electron chi connectivity index (χ3n) is 4.85. The molecule has 1 aliphatic rings. The van der Waals surface area contributed by atoms with Gasteiger partial charge in [-0.05, 0) is 48.5 Å². The van der Waals surface area contributed by atoms with E-state index in [1.807, 2.05) is 0 Å². The van der Waals surface area contributed by atoms with Crippen molar-refractivity contribution >= 4 is 58.2 Å². The summed E-state index contributed by atoms with van der Waals surface area (Å²) in [6.07, 6.45) is -0.197. The standard InChI is InChI=1S/C22H19ClN6O4/c1-11(30)24-13-6-8-14(9-7-13)25-20(32)16-10-17(31)27-19-18(16)21(33)29-22(28-19)26-15-4-2-12(23)3-5-15/h2-9,16H,10H2,1H3,(H,24,30)(H,25,32)(H3,26,27,28,29,31,33)/t16-/m1/s1. The fraction of sp³-hybridized carbons (Fsp3) is 0.136. The monoisotopic (exact) mass is 466 g/mol. The Hall–Kier alpha value is -4.18. The molecule has 4 rings (SSSR count). The van der Waals surface area contributed by atoms with E-state index in [-0.39, 0.29) is 29.7 Å². The molecule has 0 saturated heterocycles. The van der Waals surface area contributed by atoms with Gasteiger partial charge in [0.1, 0.15) is 5.82 Å². The van der Waals surface area contributed by atoms with Gasteiger partial charge in [0.25, 0.3) is 5.56 Å². The first-order valence-corrected chi connectivity index (χ1v) is 10.3. The van der Waals surface area contributed by atoms with Crippen LogP contribution in [0.1, 0.15) is 24.8 Å². The smallest absolute Gasteiger partial charge is 0.258 e. The average molecular weight is 467 g/mol.